The van der Waals surface area contributed by atoms with Gasteiger partial charge in [0.2, 0.25) is 0 Å². The maximum absolute atomic E-state index is 10.2. The molecule has 0 aliphatic carbocycles. The van der Waals surface area contributed by atoms with Gasteiger partial charge in [0, 0.05) is 6.08 Å². The van der Waals surface area contributed by atoms with E-state index in [2.05, 4.69) is 31.2 Å². The monoisotopic (exact) mass is 278 g/mol. The number of carbonyl (C=O) groups is 1. The quantitative estimate of drug-likeness (QED) is 0.268. The standard InChI is InChI=1S/C18H30O2/c1-2-3-4-5-6-7-8-9-10-11-12-13-14-15-16-17-18(19)20/h3-4,12-13,16-17H,2,5-11,14-15H2,1H3,(H,19,20)/b4-3+,13-12+,17-16+. The van der Waals surface area contributed by atoms with Gasteiger partial charge in [-0.05, 0) is 44.9 Å². The zero-order valence-electron chi connectivity index (χ0n) is 12.9. The summed E-state index contributed by atoms with van der Waals surface area (Å²) in [4.78, 5) is 10.2. The van der Waals surface area contributed by atoms with Gasteiger partial charge in [-0.3, -0.25) is 0 Å². The SMILES string of the molecule is CC/C=C/CCCCCCC/C=C/CC/C=C/C(=O)O. The van der Waals surface area contributed by atoms with Crippen LogP contribution in [0.5, 0.6) is 0 Å². The molecule has 0 saturated carbocycles. The summed E-state index contributed by atoms with van der Waals surface area (Å²) in [7, 11) is 0. The Labute approximate surface area is 124 Å². The molecule has 0 aliphatic heterocycles. The van der Waals surface area contributed by atoms with Gasteiger partial charge in [-0.1, -0.05) is 56.6 Å². The zero-order chi connectivity index (χ0) is 14.9. The van der Waals surface area contributed by atoms with Crippen molar-refractivity contribution in [2.45, 2.75) is 71.1 Å². The highest BCUT2D eigenvalue weighted by molar-refractivity contribution is 5.79. The molecule has 114 valence electrons. The van der Waals surface area contributed by atoms with E-state index in [9.17, 15) is 4.79 Å². The largest absolute Gasteiger partial charge is 0.478 e. The van der Waals surface area contributed by atoms with Crippen LogP contribution in [0, 0.1) is 0 Å². The molecule has 0 unspecified atom stereocenters. The molecule has 0 fully saturated rings. The fourth-order valence-corrected chi connectivity index (χ4v) is 1.95. The summed E-state index contributed by atoms with van der Waals surface area (Å²) >= 11 is 0. The fraction of sp³-hybridized carbons (Fsp3) is 0.611. The van der Waals surface area contributed by atoms with Crippen molar-refractivity contribution in [1.29, 1.82) is 0 Å². The first-order chi connectivity index (χ1) is 9.77. The predicted octanol–water partition coefficient (Wildman–Crippen LogP) is 5.66. The van der Waals surface area contributed by atoms with Gasteiger partial charge in [-0.2, -0.15) is 0 Å². The first-order valence-electron chi connectivity index (χ1n) is 7.96. The predicted molar refractivity (Wildman–Crippen MR) is 86.9 cm³/mol. The summed E-state index contributed by atoms with van der Waals surface area (Å²) < 4.78 is 0. The van der Waals surface area contributed by atoms with Crippen molar-refractivity contribution in [3.63, 3.8) is 0 Å². The smallest absolute Gasteiger partial charge is 0.327 e. The fourth-order valence-electron chi connectivity index (χ4n) is 1.95. The molecular formula is C18H30O2. The van der Waals surface area contributed by atoms with Crippen LogP contribution in [0.3, 0.4) is 0 Å². The summed E-state index contributed by atoms with van der Waals surface area (Å²) in [5.41, 5.74) is 0. The van der Waals surface area contributed by atoms with Crippen molar-refractivity contribution in [2.75, 3.05) is 0 Å². The third-order valence-corrected chi connectivity index (χ3v) is 3.07. The van der Waals surface area contributed by atoms with Crippen molar-refractivity contribution >= 4 is 5.97 Å². The van der Waals surface area contributed by atoms with Crippen LogP contribution < -0.4 is 0 Å². The Morgan fingerprint density at radius 3 is 1.85 bits per heavy atom. The first kappa shape index (κ1) is 18.7. The molecule has 0 aromatic heterocycles. The van der Waals surface area contributed by atoms with Gasteiger partial charge < -0.3 is 5.11 Å². The maximum atomic E-state index is 10.2. The van der Waals surface area contributed by atoms with Crippen LogP contribution in [-0.4, -0.2) is 11.1 Å². The number of carboxylic acids is 1. The Kier molecular flexibility index (Phi) is 14.7. The maximum Gasteiger partial charge on any atom is 0.327 e. The van der Waals surface area contributed by atoms with Crippen LogP contribution >= 0.6 is 0 Å². The summed E-state index contributed by atoms with van der Waals surface area (Å²) in [6.07, 6.45) is 23.7. The van der Waals surface area contributed by atoms with Crippen LogP contribution in [-0.2, 0) is 4.79 Å². The van der Waals surface area contributed by atoms with Crippen molar-refractivity contribution < 1.29 is 9.90 Å². The topological polar surface area (TPSA) is 37.3 Å². The lowest BCUT2D eigenvalue weighted by molar-refractivity contribution is -0.131. The Balaban J connectivity index is 3.19. The number of allylic oxidation sites excluding steroid dienone is 5. The summed E-state index contributed by atoms with van der Waals surface area (Å²) in [6, 6.07) is 0. The number of hydrogen-bond acceptors (Lipinski definition) is 1. The molecule has 20 heavy (non-hydrogen) atoms. The third-order valence-electron chi connectivity index (χ3n) is 3.07. The van der Waals surface area contributed by atoms with Crippen molar-refractivity contribution in [3.05, 3.63) is 36.5 Å². The first-order valence-corrected chi connectivity index (χ1v) is 7.96. The van der Waals surface area contributed by atoms with Gasteiger partial charge in [0.1, 0.15) is 0 Å². The van der Waals surface area contributed by atoms with Gasteiger partial charge in [0.15, 0.2) is 0 Å². The molecule has 0 aromatic rings. The zero-order valence-corrected chi connectivity index (χ0v) is 12.9. The van der Waals surface area contributed by atoms with Crippen molar-refractivity contribution in [2.24, 2.45) is 0 Å². The van der Waals surface area contributed by atoms with E-state index in [0.717, 1.165) is 25.7 Å². The Morgan fingerprint density at radius 1 is 0.750 bits per heavy atom. The van der Waals surface area contributed by atoms with Crippen LogP contribution in [0.25, 0.3) is 0 Å². The lowest BCUT2D eigenvalue weighted by Gasteiger charge is -1.98. The van der Waals surface area contributed by atoms with Crippen molar-refractivity contribution in [1.82, 2.24) is 0 Å². The molecule has 2 heteroatoms. The average Bonchev–Trinajstić information content (AvgIpc) is 2.43. The molecule has 0 radical (unpaired) electrons. The lowest BCUT2D eigenvalue weighted by atomic mass is 10.1. The van der Waals surface area contributed by atoms with Crippen LogP contribution in [0.15, 0.2) is 36.5 Å². The second-order valence-corrected chi connectivity index (χ2v) is 5.01. The van der Waals surface area contributed by atoms with E-state index >= 15 is 0 Å². The highest BCUT2D eigenvalue weighted by Crippen LogP contribution is 2.08. The molecule has 2 nitrogen and oxygen atoms in total. The summed E-state index contributed by atoms with van der Waals surface area (Å²) in [5.74, 6) is -0.862. The molecule has 0 spiro atoms. The van der Waals surface area contributed by atoms with E-state index in [1.54, 1.807) is 6.08 Å². The molecule has 0 saturated heterocycles. The van der Waals surface area contributed by atoms with Gasteiger partial charge in [0.25, 0.3) is 0 Å². The molecule has 1 N–H and O–H groups in total. The molecule has 0 aliphatic rings. The van der Waals surface area contributed by atoms with E-state index in [-0.39, 0.29) is 0 Å². The third kappa shape index (κ3) is 16.7. The molecule has 0 amide bonds. The van der Waals surface area contributed by atoms with E-state index in [4.69, 9.17) is 5.11 Å². The number of aliphatic carboxylic acids is 1. The second kappa shape index (κ2) is 15.7. The lowest BCUT2D eigenvalue weighted by Crippen LogP contribution is -1.85. The normalized spacial score (nSPS) is 12.1. The van der Waals surface area contributed by atoms with Gasteiger partial charge >= 0.3 is 5.97 Å². The second-order valence-electron chi connectivity index (χ2n) is 5.01. The molecule has 0 rings (SSSR count). The van der Waals surface area contributed by atoms with E-state index in [0.29, 0.717) is 0 Å². The number of unbranched alkanes of at least 4 members (excludes halogenated alkanes) is 7. The van der Waals surface area contributed by atoms with Crippen LogP contribution in [0.4, 0.5) is 0 Å². The Bertz CT molecular complexity index is 301. The molecule has 0 heterocycles. The van der Waals surface area contributed by atoms with Crippen LogP contribution in [0.1, 0.15) is 71.1 Å². The molecular weight excluding hydrogens is 248 g/mol. The highest BCUT2D eigenvalue weighted by atomic mass is 16.4. The highest BCUT2D eigenvalue weighted by Gasteiger charge is 1.89. The van der Waals surface area contributed by atoms with Gasteiger partial charge in [0.05, 0.1) is 0 Å². The minimum atomic E-state index is -0.862. The van der Waals surface area contributed by atoms with Gasteiger partial charge in [-0.25, -0.2) is 4.79 Å². The average molecular weight is 278 g/mol. The molecule has 0 bridgehead atoms. The molecule has 0 atom stereocenters. The molecule has 0 aromatic carbocycles. The minimum absolute atomic E-state index is 0.814. The Morgan fingerprint density at radius 2 is 1.25 bits per heavy atom. The number of carboxylic acid groups (broad SMARTS) is 1. The number of rotatable bonds is 13. The summed E-state index contributed by atoms with van der Waals surface area (Å²) in [5, 5.41) is 8.41. The van der Waals surface area contributed by atoms with Crippen LogP contribution in [0.2, 0.25) is 0 Å². The number of hydrogen-bond donors (Lipinski definition) is 1. The summed E-state index contributed by atoms with van der Waals surface area (Å²) in [6.45, 7) is 2.17. The van der Waals surface area contributed by atoms with E-state index < -0.39 is 5.97 Å². The van der Waals surface area contributed by atoms with E-state index in [1.807, 2.05) is 0 Å². The Hall–Kier alpha value is -1.31. The minimum Gasteiger partial charge on any atom is -0.478 e. The van der Waals surface area contributed by atoms with Crippen molar-refractivity contribution in [3.8, 4) is 0 Å². The van der Waals surface area contributed by atoms with E-state index in [1.165, 1.54) is 44.6 Å². The van der Waals surface area contributed by atoms with Gasteiger partial charge in [-0.15, -0.1) is 0 Å².